The van der Waals surface area contributed by atoms with E-state index in [0.29, 0.717) is 11.1 Å². The molecule has 6 aromatic carbocycles. The molecule has 6 heteroatoms. The van der Waals surface area contributed by atoms with Gasteiger partial charge in [-0.3, -0.25) is 4.40 Å². The van der Waals surface area contributed by atoms with E-state index in [-0.39, 0.29) is 0 Å². The minimum Gasteiger partial charge on any atom is -0.309 e. The van der Waals surface area contributed by atoms with Crippen LogP contribution in [0.2, 0.25) is 0 Å². The summed E-state index contributed by atoms with van der Waals surface area (Å²) in [7, 11) is -3.16. The van der Waals surface area contributed by atoms with E-state index in [1.54, 1.807) is 12.4 Å². The Morgan fingerprint density at radius 3 is 1.93 bits per heavy atom. The van der Waals surface area contributed by atoms with Crippen LogP contribution in [0.15, 0.2) is 152 Å². The van der Waals surface area contributed by atoms with Gasteiger partial charge in [-0.1, -0.05) is 121 Å². The summed E-state index contributed by atoms with van der Waals surface area (Å²) in [6.45, 7) is 0. The van der Waals surface area contributed by atoms with E-state index in [4.69, 9.17) is 15.0 Å². The lowest BCUT2D eigenvalue weighted by Gasteiger charge is -2.19. The number of hydrogen-bond acceptors (Lipinski definition) is 4. The standard InChI is InChI=1S/C39H25N4OP/c44-45(28-12-3-1-4-13-28,29-14-5-2-6-15-29)30-24-40-38(41-25-30)27-20-21-32-33-22-19-26-11-7-8-16-31(26)37(33)39-42-34-17-9-10-18-35(34)43(39)36(32)23-27/h1-25H. The zero-order valence-electron chi connectivity index (χ0n) is 24.1. The first-order valence-electron chi connectivity index (χ1n) is 14.9. The molecule has 0 saturated heterocycles. The van der Waals surface area contributed by atoms with Gasteiger partial charge in [-0.05, 0) is 34.4 Å². The molecule has 0 spiro atoms. The van der Waals surface area contributed by atoms with Gasteiger partial charge in [0.05, 0.1) is 21.9 Å². The predicted molar refractivity (Wildman–Crippen MR) is 186 cm³/mol. The third-order valence-corrected chi connectivity index (χ3v) is 11.8. The van der Waals surface area contributed by atoms with Crippen LogP contribution in [-0.2, 0) is 4.57 Å². The zero-order chi connectivity index (χ0) is 30.0. The molecule has 0 unspecified atom stereocenters. The molecule has 3 heterocycles. The number of imidazole rings is 1. The molecule has 5 nitrogen and oxygen atoms in total. The maximum atomic E-state index is 14.8. The molecule has 0 aliphatic rings. The molecular weight excluding hydrogens is 571 g/mol. The van der Waals surface area contributed by atoms with Crippen LogP contribution in [0.1, 0.15) is 0 Å². The summed E-state index contributed by atoms with van der Waals surface area (Å²) in [6.07, 6.45) is 3.45. The smallest absolute Gasteiger partial charge is 0.174 e. The number of aromatic nitrogens is 4. The summed E-state index contributed by atoms with van der Waals surface area (Å²) >= 11 is 0. The molecule has 0 saturated carbocycles. The number of rotatable bonds is 4. The van der Waals surface area contributed by atoms with Crippen molar-refractivity contribution >= 4 is 72.2 Å². The van der Waals surface area contributed by atoms with E-state index in [1.807, 2.05) is 66.7 Å². The second-order valence-electron chi connectivity index (χ2n) is 11.2. The Morgan fingerprint density at radius 2 is 1.18 bits per heavy atom. The second-order valence-corrected chi connectivity index (χ2v) is 14.0. The third-order valence-electron chi connectivity index (χ3n) is 8.74. The molecule has 0 bridgehead atoms. The van der Waals surface area contributed by atoms with Crippen LogP contribution in [0.25, 0.3) is 60.5 Å². The van der Waals surface area contributed by atoms with Crippen molar-refractivity contribution in [2.75, 3.05) is 0 Å². The monoisotopic (exact) mass is 596 g/mol. The maximum Gasteiger partial charge on any atom is 0.174 e. The summed E-state index contributed by atoms with van der Waals surface area (Å²) in [4.78, 5) is 14.7. The fraction of sp³-hybridized carbons (Fsp3) is 0. The lowest BCUT2D eigenvalue weighted by Crippen LogP contribution is -2.25. The van der Waals surface area contributed by atoms with Crippen molar-refractivity contribution in [2.24, 2.45) is 0 Å². The predicted octanol–water partition coefficient (Wildman–Crippen LogP) is 8.04. The summed E-state index contributed by atoms with van der Waals surface area (Å²) < 4.78 is 17.1. The number of para-hydroxylation sites is 2. The van der Waals surface area contributed by atoms with E-state index in [1.165, 1.54) is 10.8 Å². The molecule has 0 amide bonds. The van der Waals surface area contributed by atoms with Gasteiger partial charge < -0.3 is 4.57 Å². The summed E-state index contributed by atoms with van der Waals surface area (Å²) in [5, 5.41) is 7.91. The first kappa shape index (κ1) is 25.8. The summed E-state index contributed by atoms with van der Waals surface area (Å²) in [5.41, 5.74) is 4.83. The largest absolute Gasteiger partial charge is 0.309 e. The number of fused-ring (bicyclic) bond motifs is 10. The maximum absolute atomic E-state index is 14.8. The first-order chi connectivity index (χ1) is 22.2. The molecule has 0 fully saturated rings. The minimum atomic E-state index is -3.16. The van der Waals surface area contributed by atoms with Crippen molar-refractivity contribution < 1.29 is 4.57 Å². The minimum absolute atomic E-state index is 0.574. The quantitative estimate of drug-likeness (QED) is 0.152. The summed E-state index contributed by atoms with van der Waals surface area (Å²) in [5.74, 6) is 0.574. The van der Waals surface area contributed by atoms with Crippen LogP contribution < -0.4 is 15.9 Å². The van der Waals surface area contributed by atoms with E-state index in [2.05, 4.69) is 77.2 Å². The first-order valence-corrected chi connectivity index (χ1v) is 16.6. The van der Waals surface area contributed by atoms with Crippen molar-refractivity contribution in [1.29, 1.82) is 0 Å². The van der Waals surface area contributed by atoms with Crippen LogP contribution in [-0.4, -0.2) is 19.4 Å². The van der Waals surface area contributed by atoms with Gasteiger partial charge in [0.15, 0.2) is 13.0 Å². The lowest BCUT2D eigenvalue weighted by molar-refractivity contribution is 0.592. The van der Waals surface area contributed by atoms with Crippen molar-refractivity contribution in [3.8, 4) is 11.4 Å². The Labute approximate surface area is 258 Å². The SMILES string of the molecule is O=P(c1ccccc1)(c1ccccc1)c1cnc(-c2ccc3c4ccc5ccccc5c4c4nc5ccccc5n4c3c2)nc1. The van der Waals surface area contributed by atoms with Gasteiger partial charge in [-0.15, -0.1) is 0 Å². The Kier molecular flexibility index (Phi) is 5.71. The summed E-state index contributed by atoms with van der Waals surface area (Å²) in [6, 6.07) is 46.7. The molecule has 212 valence electrons. The molecule has 45 heavy (non-hydrogen) atoms. The topological polar surface area (TPSA) is 60.2 Å². The highest BCUT2D eigenvalue weighted by Crippen LogP contribution is 2.42. The van der Waals surface area contributed by atoms with E-state index in [9.17, 15) is 4.57 Å². The van der Waals surface area contributed by atoms with Gasteiger partial charge in [0.2, 0.25) is 0 Å². The van der Waals surface area contributed by atoms with Gasteiger partial charge in [-0.25, -0.2) is 15.0 Å². The van der Waals surface area contributed by atoms with Crippen LogP contribution in [0.4, 0.5) is 0 Å². The molecule has 0 aliphatic heterocycles. The average molecular weight is 597 g/mol. The van der Waals surface area contributed by atoms with E-state index < -0.39 is 7.14 Å². The van der Waals surface area contributed by atoms with Crippen molar-refractivity contribution in [2.45, 2.75) is 0 Å². The molecule has 0 aliphatic carbocycles. The average Bonchev–Trinajstić information content (AvgIpc) is 3.51. The molecular formula is C39H25N4OP. The lowest BCUT2D eigenvalue weighted by atomic mass is 9.98. The Morgan fingerprint density at radius 1 is 0.533 bits per heavy atom. The molecule has 0 atom stereocenters. The van der Waals surface area contributed by atoms with E-state index >= 15 is 0 Å². The van der Waals surface area contributed by atoms with Gasteiger partial charge >= 0.3 is 0 Å². The highest BCUT2D eigenvalue weighted by molar-refractivity contribution is 7.85. The third kappa shape index (κ3) is 3.88. The van der Waals surface area contributed by atoms with Gasteiger partial charge in [0.25, 0.3) is 0 Å². The molecule has 9 aromatic rings. The molecule has 0 N–H and O–H groups in total. The van der Waals surface area contributed by atoms with Crippen LogP contribution in [0, 0.1) is 0 Å². The highest BCUT2D eigenvalue weighted by Gasteiger charge is 2.30. The number of benzene rings is 6. The van der Waals surface area contributed by atoms with Crippen molar-refractivity contribution in [3.63, 3.8) is 0 Å². The highest BCUT2D eigenvalue weighted by atomic mass is 31.2. The normalized spacial score (nSPS) is 12.1. The van der Waals surface area contributed by atoms with Gasteiger partial charge in [-0.2, -0.15) is 0 Å². The Bertz CT molecular complexity index is 2570. The fourth-order valence-corrected chi connectivity index (χ4v) is 9.13. The molecule has 9 rings (SSSR count). The van der Waals surface area contributed by atoms with E-state index in [0.717, 1.165) is 54.5 Å². The van der Waals surface area contributed by atoms with Crippen molar-refractivity contribution in [1.82, 2.24) is 19.4 Å². The molecule has 0 radical (unpaired) electrons. The number of pyridine rings is 1. The fourth-order valence-electron chi connectivity index (χ4n) is 6.61. The Hall–Kier alpha value is -5.64. The molecule has 3 aromatic heterocycles. The van der Waals surface area contributed by atoms with Crippen LogP contribution >= 0.6 is 7.14 Å². The Balaban J connectivity index is 1.26. The van der Waals surface area contributed by atoms with Crippen LogP contribution in [0.3, 0.4) is 0 Å². The number of hydrogen-bond donors (Lipinski definition) is 0. The second kappa shape index (κ2) is 9.95. The van der Waals surface area contributed by atoms with Crippen molar-refractivity contribution in [3.05, 3.63) is 152 Å². The zero-order valence-corrected chi connectivity index (χ0v) is 25.0. The van der Waals surface area contributed by atoms with Crippen LogP contribution in [0.5, 0.6) is 0 Å². The van der Waals surface area contributed by atoms with Gasteiger partial charge in [0.1, 0.15) is 5.65 Å². The number of nitrogens with zero attached hydrogens (tertiary/aromatic N) is 4. The van der Waals surface area contributed by atoms with Gasteiger partial charge in [0, 0.05) is 39.3 Å².